The molecule has 2 aromatic carbocycles. The lowest BCUT2D eigenvalue weighted by molar-refractivity contribution is 0.112. The quantitative estimate of drug-likeness (QED) is 0.342. The minimum absolute atomic E-state index is 0.144. The molecule has 3 aromatic rings. The molecule has 31 heavy (non-hydrogen) atoms. The average Bonchev–Trinajstić information content (AvgIpc) is 3.35. The molecule has 3 rings (SSSR count). The second-order valence-electron chi connectivity index (χ2n) is 6.82. The van der Waals surface area contributed by atoms with Gasteiger partial charge in [-0.2, -0.15) is 0 Å². The van der Waals surface area contributed by atoms with Crippen LogP contribution in [0.15, 0.2) is 47.1 Å². The minimum atomic E-state index is 0.144. The number of carbonyl (C=O) groups excluding carboxylic acids is 1. The lowest BCUT2D eigenvalue weighted by Crippen LogP contribution is -2.06. The zero-order valence-corrected chi connectivity index (χ0v) is 17.9. The highest BCUT2D eigenvalue weighted by molar-refractivity contribution is 5.98. The fraction of sp³-hybridized carbons (Fsp3) is 0.292. The molecule has 2 N–H and O–H groups in total. The smallest absolute Gasteiger partial charge is 0.203 e. The van der Waals surface area contributed by atoms with E-state index in [4.69, 9.17) is 23.7 Å². The summed E-state index contributed by atoms with van der Waals surface area (Å²) in [4.78, 5) is 12.0. The maximum Gasteiger partial charge on any atom is 0.203 e. The van der Waals surface area contributed by atoms with Gasteiger partial charge in [0.15, 0.2) is 17.8 Å². The molecule has 7 heteroatoms. The zero-order valence-electron chi connectivity index (χ0n) is 17.9. The molecular weight excluding hydrogens is 398 g/mol. The van der Waals surface area contributed by atoms with Crippen molar-refractivity contribution in [3.63, 3.8) is 0 Å². The Kier molecular flexibility index (Phi) is 7.56. The van der Waals surface area contributed by atoms with Gasteiger partial charge in [0.2, 0.25) is 5.75 Å². The zero-order chi connectivity index (χ0) is 22.2. The molecule has 164 valence electrons. The molecule has 0 aliphatic carbocycles. The molecule has 0 spiro atoms. The van der Waals surface area contributed by atoms with Gasteiger partial charge < -0.3 is 29.1 Å². The first-order valence-corrected chi connectivity index (χ1v) is 9.99. The third kappa shape index (κ3) is 4.67. The van der Waals surface area contributed by atoms with Crippen molar-refractivity contribution in [3.05, 3.63) is 48.2 Å². The van der Waals surface area contributed by atoms with Crippen LogP contribution in [-0.2, 0) is 0 Å². The number of hydrogen-bond donors (Lipinski definition) is 2. The number of nitrogens with one attached hydrogen (secondary N) is 1. The molecule has 0 fully saturated rings. The Bertz CT molecular complexity index is 1010. The van der Waals surface area contributed by atoms with Crippen LogP contribution in [0.3, 0.4) is 0 Å². The Labute approximate surface area is 181 Å². The molecule has 1 aromatic heterocycles. The van der Waals surface area contributed by atoms with E-state index < -0.39 is 0 Å². The summed E-state index contributed by atoms with van der Waals surface area (Å²) in [6.45, 7) is 0.810. The Morgan fingerprint density at radius 1 is 1.03 bits per heavy atom. The lowest BCUT2D eigenvalue weighted by atomic mass is 9.94. The number of hydrogen-bond acceptors (Lipinski definition) is 7. The summed E-state index contributed by atoms with van der Waals surface area (Å²) in [6.07, 6.45) is 3.89. The third-order valence-corrected chi connectivity index (χ3v) is 4.98. The highest BCUT2D eigenvalue weighted by Gasteiger charge is 2.24. The summed E-state index contributed by atoms with van der Waals surface area (Å²) in [6, 6.07) is 11.2. The Morgan fingerprint density at radius 2 is 1.84 bits per heavy atom. The predicted octanol–water partition coefficient (Wildman–Crippen LogP) is 4.64. The van der Waals surface area contributed by atoms with Gasteiger partial charge in [-0.05, 0) is 49.2 Å². The van der Waals surface area contributed by atoms with Gasteiger partial charge in [0.25, 0.3) is 0 Å². The molecule has 0 aliphatic heterocycles. The van der Waals surface area contributed by atoms with Gasteiger partial charge in [0.05, 0.1) is 27.6 Å². The summed E-state index contributed by atoms with van der Waals surface area (Å²) in [5.41, 5.74) is 3.44. The number of rotatable bonds is 11. The van der Waals surface area contributed by atoms with Gasteiger partial charge in [-0.15, -0.1) is 0 Å². The van der Waals surface area contributed by atoms with Crippen molar-refractivity contribution in [2.24, 2.45) is 0 Å². The van der Waals surface area contributed by atoms with Crippen LogP contribution in [-0.4, -0.2) is 45.9 Å². The number of furan rings is 1. The van der Waals surface area contributed by atoms with Gasteiger partial charge in [-0.3, -0.25) is 4.79 Å². The van der Waals surface area contributed by atoms with E-state index in [1.807, 2.05) is 30.3 Å². The van der Waals surface area contributed by atoms with E-state index in [1.165, 1.54) is 21.3 Å². The van der Waals surface area contributed by atoms with Crippen molar-refractivity contribution >= 4 is 12.0 Å². The van der Waals surface area contributed by atoms with Crippen LogP contribution in [0, 0.1) is 0 Å². The van der Waals surface area contributed by atoms with E-state index >= 15 is 0 Å². The number of methoxy groups -OCH3 is 3. The second kappa shape index (κ2) is 10.5. The fourth-order valence-corrected chi connectivity index (χ4v) is 3.51. The van der Waals surface area contributed by atoms with E-state index in [2.05, 4.69) is 5.32 Å². The molecule has 0 bridgehead atoms. The summed E-state index contributed by atoms with van der Waals surface area (Å²) >= 11 is 0. The lowest BCUT2D eigenvalue weighted by Gasteiger charge is -2.21. The fourth-order valence-electron chi connectivity index (χ4n) is 3.51. The maximum atomic E-state index is 12.0. The first kappa shape index (κ1) is 22.2. The normalized spacial score (nSPS) is 10.6. The highest BCUT2D eigenvalue weighted by atomic mass is 16.5. The summed E-state index contributed by atoms with van der Waals surface area (Å²) in [5, 5.41) is 12.5. The van der Waals surface area contributed by atoms with Crippen molar-refractivity contribution in [2.75, 3.05) is 39.8 Å². The van der Waals surface area contributed by atoms with E-state index in [1.54, 1.807) is 12.3 Å². The summed E-state index contributed by atoms with van der Waals surface area (Å²) < 4.78 is 22.2. The number of unbranched alkanes of at least 4 members (excludes halogenated alkanes) is 1. The van der Waals surface area contributed by atoms with Crippen LogP contribution < -0.4 is 19.5 Å². The van der Waals surface area contributed by atoms with E-state index in [0.29, 0.717) is 47.1 Å². The van der Waals surface area contributed by atoms with E-state index in [0.717, 1.165) is 29.5 Å². The van der Waals surface area contributed by atoms with E-state index in [9.17, 15) is 4.79 Å². The first-order valence-electron chi connectivity index (χ1n) is 9.99. The molecule has 0 unspecified atom stereocenters. The van der Waals surface area contributed by atoms with Crippen molar-refractivity contribution in [3.8, 4) is 39.7 Å². The van der Waals surface area contributed by atoms with Gasteiger partial charge in [0, 0.05) is 41.1 Å². The van der Waals surface area contributed by atoms with Crippen molar-refractivity contribution in [1.82, 2.24) is 0 Å². The SMILES string of the molecule is COc1cc(C=O)c(-c2cc(-c3ccco3)ccc2NCCCCO)c(OC)c1OC. The van der Waals surface area contributed by atoms with Crippen LogP contribution in [0.4, 0.5) is 5.69 Å². The van der Waals surface area contributed by atoms with Crippen LogP contribution in [0.25, 0.3) is 22.5 Å². The van der Waals surface area contributed by atoms with Gasteiger partial charge in [0.1, 0.15) is 5.76 Å². The van der Waals surface area contributed by atoms with Crippen LogP contribution >= 0.6 is 0 Å². The van der Waals surface area contributed by atoms with Crippen LogP contribution in [0.1, 0.15) is 23.2 Å². The highest BCUT2D eigenvalue weighted by Crippen LogP contribution is 2.48. The Morgan fingerprint density at radius 3 is 2.45 bits per heavy atom. The summed E-state index contributed by atoms with van der Waals surface area (Å²) in [7, 11) is 4.56. The van der Waals surface area contributed by atoms with Crippen molar-refractivity contribution in [2.45, 2.75) is 12.8 Å². The molecule has 0 aliphatic rings. The standard InChI is InChI=1S/C24H27NO6/c1-28-21-14-17(15-27)22(24(30-3)23(21)29-2)18-13-16(20-7-6-12-31-20)8-9-19(18)25-10-4-5-11-26/h6-9,12-15,25-26H,4-5,10-11H2,1-3H3. The van der Waals surface area contributed by atoms with Crippen molar-refractivity contribution in [1.29, 1.82) is 0 Å². The minimum Gasteiger partial charge on any atom is -0.493 e. The molecule has 7 nitrogen and oxygen atoms in total. The topological polar surface area (TPSA) is 90.2 Å². The number of carbonyl (C=O) groups is 1. The molecule has 0 atom stereocenters. The maximum absolute atomic E-state index is 12.0. The summed E-state index contributed by atoms with van der Waals surface area (Å²) in [5.74, 6) is 1.92. The van der Waals surface area contributed by atoms with Crippen LogP contribution in [0.2, 0.25) is 0 Å². The molecule has 0 saturated carbocycles. The van der Waals surface area contributed by atoms with Gasteiger partial charge in [-0.25, -0.2) is 0 Å². The number of anilines is 1. The number of aliphatic hydroxyl groups is 1. The molecule has 0 saturated heterocycles. The Balaban J connectivity index is 2.23. The third-order valence-electron chi connectivity index (χ3n) is 4.98. The van der Waals surface area contributed by atoms with Gasteiger partial charge >= 0.3 is 0 Å². The molecular formula is C24H27NO6. The average molecular weight is 425 g/mol. The number of aldehydes is 1. The first-order chi connectivity index (χ1) is 15.2. The van der Waals surface area contributed by atoms with Gasteiger partial charge in [-0.1, -0.05) is 0 Å². The monoisotopic (exact) mass is 425 g/mol. The number of benzene rings is 2. The van der Waals surface area contributed by atoms with Crippen molar-refractivity contribution < 1.29 is 28.5 Å². The molecule has 0 radical (unpaired) electrons. The number of ether oxygens (including phenoxy) is 3. The second-order valence-corrected chi connectivity index (χ2v) is 6.82. The van der Waals surface area contributed by atoms with Crippen LogP contribution in [0.5, 0.6) is 17.2 Å². The largest absolute Gasteiger partial charge is 0.493 e. The molecule has 0 amide bonds. The molecule has 1 heterocycles. The number of aliphatic hydroxyl groups excluding tert-OH is 1. The Hall–Kier alpha value is -3.45. The van der Waals surface area contributed by atoms with E-state index in [-0.39, 0.29) is 6.61 Å². The predicted molar refractivity (Wildman–Crippen MR) is 119 cm³/mol.